The molecule has 1 aliphatic rings. The molecule has 0 spiro atoms. The number of nitrogens with two attached hydrogens (primary N) is 1. The molecule has 0 aromatic rings. The number of hydrogen-bond acceptors (Lipinski definition) is 4. The second-order valence-electron chi connectivity index (χ2n) is 4.86. The third-order valence-electron chi connectivity index (χ3n) is 2.54. The minimum Gasteiger partial charge on any atom is -0.362 e. The van der Waals surface area contributed by atoms with Crippen LogP contribution in [0.4, 0.5) is 0 Å². The molecule has 0 bridgehead atoms. The standard InChI is InChI=1S/C10H18N2O3.ClH/c1-10(2,3)7(11)4-12-8(13)5-15-6-9(12)14;/h7H,4-6,11H2,1-3H3;1H/t7-;/m1./s1. The number of carbonyl (C=O) groups excluding carboxylic acids is 2. The molecule has 2 N–H and O–H groups in total. The van der Waals surface area contributed by atoms with Crippen molar-refractivity contribution >= 4 is 24.2 Å². The van der Waals surface area contributed by atoms with Gasteiger partial charge in [0, 0.05) is 12.6 Å². The molecule has 1 fully saturated rings. The Morgan fingerprint density at radius 2 is 1.75 bits per heavy atom. The Bertz CT molecular complexity index is 260. The molecule has 0 aromatic carbocycles. The van der Waals surface area contributed by atoms with Gasteiger partial charge in [-0.1, -0.05) is 20.8 Å². The molecular formula is C10H19ClN2O3. The smallest absolute Gasteiger partial charge is 0.255 e. The fourth-order valence-electron chi connectivity index (χ4n) is 1.19. The summed E-state index contributed by atoms with van der Waals surface area (Å²) in [4.78, 5) is 24.0. The van der Waals surface area contributed by atoms with Crippen molar-refractivity contribution in [3.05, 3.63) is 0 Å². The van der Waals surface area contributed by atoms with Crippen molar-refractivity contribution in [3.63, 3.8) is 0 Å². The fourth-order valence-corrected chi connectivity index (χ4v) is 1.19. The van der Waals surface area contributed by atoms with Crippen LogP contribution in [-0.4, -0.2) is 42.5 Å². The highest BCUT2D eigenvalue weighted by Gasteiger charge is 2.31. The molecule has 0 saturated carbocycles. The van der Waals surface area contributed by atoms with E-state index in [0.717, 1.165) is 0 Å². The predicted molar refractivity (Wildman–Crippen MR) is 62.2 cm³/mol. The predicted octanol–water partition coefficient (Wildman–Crippen LogP) is 0.167. The van der Waals surface area contributed by atoms with E-state index in [0.29, 0.717) is 0 Å². The summed E-state index contributed by atoms with van der Waals surface area (Å²) in [5, 5.41) is 0. The maximum atomic E-state index is 11.4. The van der Waals surface area contributed by atoms with Gasteiger partial charge in [0.25, 0.3) is 11.8 Å². The van der Waals surface area contributed by atoms with Gasteiger partial charge in [-0.3, -0.25) is 14.5 Å². The Kier molecular flexibility index (Phi) is 5.38. The van der Waals surface area contributed by atoms with Crippen molar-refractivity contribution in [2.24, 2.45) is 11.1 Å². The zero-order valence-electron chi connectivity index (χ0n) is 9.86. The van der Waals surface area contributed by atoms with Crippen LogP contribution < -0.4 is 5.73 Å². The summed E-state index contributed by atoms with van der Waals surface area (Å²) in [6.07, 6.45) is 0. The van der Waals surface area contributed by atoms with Crippen molar-refractivity contribution in [2.45, 2.75) is 26.8 Å². The van der Waals surface area contributed by atoms with E-state index in [9.17, 15) is 9.59 Å². The van der Waals surface area contributed by atoms with E-state index in [2.05, 4.69) is 0 Å². The zero-order valence-corrected chi connectivity index (χ0v) is 10.7. The number of morpholine rings is 1. The molecular weight excluding hydrogens is 232 g/mol. The average molecular weight is 251 g/mol. The van der Waals surface area contributed by atoms with Gasteiger partial charge in [-0.15, -0.1) is 12.4 Å². The van der Waals surface area contributed by atoms with Gasteiger partial charge in [-0.2, -0.15) is 0 Å². The summed E-state index contributed by atoms with van der Waals surface area (Å²) in [6, 6.07) is -0.219. The first-order valence-corrected chi connectivity index (χ1v) is 4.99. The van der Waals surface area contributed by atoms with Crippen LogP contribution in [0.25, 0.3) is 0 Å². The van der Waals surface area contributed by atoms with Gasteiger partial charge in [0.05, 0.1) is 0 Å². The minimum atomic E-state index is -0.300. The summed E-state index contributed by atoms with van der Waals surface area (Å²) in [5.74, 6) is -0.600. The lowest BCUT2D eigenvalue weighted by molar-refractivity contribution is -0.159. The summed E-state index contributed by atoms with van der Waals surface area (Å²) < 4.78 is 4.81. The number of ether oxygens (including phenoxy) is 1. The van der Waals surface area contributed by atoms with Crippen LogP contribution in [0.1, 0.15) is 20.8 Å². The van der Waals surface area contributed by atoms with Gasteiger partial charge >= 0.3 is 0 Å². The van der Waals surface area contributed by atoms with Crippen LogP contribution in [-0.2, 0) is 14.3 Å². The van der Waals surface area contributed by atoms with E-state index in [1.54, 1.807) is 0 Å². The molecule has 1 aliphatic heterocycles. The van der Waals surface area contributed by atoms with Crippen LogP contribution >= 0.6 is 12.4 Å². The highest BCUT2D eigenvalue weighted by atomic mass is 35.5. The summed E-state index contributed by atoms with van der Waals surface area (Å²) in [6.45, 7) is 6.16. The Labute approximate surface area is 102 Å². The van der Waals surface area contributed by atoms with Crippen LogP contribution in [0.3, 0.4) is 0 Å². The van der Waals surface area contributed by atoms with Crippen molar-refractivity contribution in [1.29, 1.82) is 0 Å². The average Bonchev–Trinajstić information content (AvgIpc) is 2.09. The van der Waals surface area contributed by atoms with Crippen molar-refractivity contribution < 1.29 is 14.3 Å². The molecule has 1 saturated heterocycles. The number of imide groups is 1. The Balaban J connectivity index is 0.00000225. The van der Waals surface area contributed by atoms with Gasteiger partial charge < -0.3 is 10.5 Å². The molecule has 0 radical (unpaired) electrons. The van der Waals surface area contributed by atoms with Crippen LogP contribution in [0.2, 0.25) is 0 Å². The third kappa shape index (κ3) is 3.73. The number of halogens is 1. The lowest BCUT2D eigenvalue weighted by atomic mass is 9.87. The number of hydrogen-bond donors (Lipinski definition) is 1. The minimum absolute atomic E-state index is 0. The van der Waals surface area contributed by atoms with E-state index in [-0.39, 0.29) is 55.4 Å². The maximum absolute atomic E-state index is 11.4. The number of rotatable bonds is 2. The molecule has 1 atom stereocenters. The van der Waals surface area contributed by atoms with Gasteiger partial charge in [0.15, 0.2) is 0 Å². The number of nitrogens with zero attached hydrogens (tertiary/aromatic N) is 1. The Morgan fingerprint density at radius 1 is 1.31 bits per heavy atom. The maximum Gasteiger partial charge on any atom is 0.255 e. The topological polar surface area (TPSA) is 72.6 Å². The molecule has 5 nitrogen and oxygen atoms in total. The molecule has 16 heavy (non-hydrogen) atoms. The first kappa shape index (κ1) is 15.3. The zero-order chi connectivity index (χ0) is 11.6. The largest absolute Gasteiger partial charge is 0.362 e. The van der Waals surface area contributed by atoms with E-state index >= 15 is 0 Å². The summed E-state index contributed by atoms with van der Waals surface area (Å²) in [7, 11) is 0. The molecule has 2 amide bonds. The molecule has 6 heteroatoms. The molecule has 1 rings (SSSR count). The van der Waals surface area contributed by atoms with Crippen LogP contribution in [0, 0.1) is 5.41 Å². The van der Waals surface area contributed by atoms with E-state index in [4.69, 9.17) is 10.5 Å². The van der Waals surface area contributed by atoms with E-state index in [1.165, 1.54) is 4.90 Å². The van der Waals surface area contributed by atoms with Crippen molar-refractivity contribution in [3.8, 4) is 0 Å². The lowest BCUT2D eigenvalue weighted by Gasteiger charge is -2.33. The van der Waals surface area contributed by atoms with Gasteiger partial charge in [-0.25, -0.2) is 0 Å². The highest BCUT2D eigenvalue weighted by Crippen LogP contribution is 2.18. The van der Waals surface area contributed by atoms with Crippen LogP contribution in [0.15, 0.2) is 0 Å². The Hall–Kier alpha value is -0.650. The van der Waals surface area contributed by atoms with Crippen molar-refractivity contribution in [2.75, 3.05) is 19.8 Å². The molecule has 0 aromatic heterocycles. The normalized spacial score (nSPS) is 19.4. The quantitative estimate of drug-likeness (QED) is 0.709. The molecule has 0 aliphatic carbocycles. The Morgan fingerprint density at radius 3 is 2.12 bits per heavy atom. The molecule has 94 valence electrons. The second kappa shape index (κ2) is 5.61. The first-order chi connectivity index (χ1) is 6.82. The van der Waals surface area contributed by atoms with Gasteiger partial charge in [0.1, 0.15) is 13.2 Å². The van der Waals surface area contributed by atoms with E-state index in [1.807, 2.05) is 20.8 Å². The monoisotopic (exact) mass is 250 g/mol. The number of carbonyl (C=O) groups is 2. The molecule has 0 unspecified atom stereocenters. The van der Waals surface area contributed by atoms with Crippen molar-refractivity contribution in [1.82, 2.24) is 4.90 Å². The third-order valence-corrected chi connectivity index (χ3v) is 2.54. The lowest BCUT2D eigenvalue weighted by Crippen LogP contribution is -2.53. The summed E-state index contributed by atoms with van der Waals surface area (Å²) in [5.41, 5.74) is 5.79. The van der Waals surface area contributed by atoms with Gasteiger partial charge in [-0.05, 0) is 5.41 Å². The SMILES string of the molecule is CC(C)(C)[C@H](N)CN1C(=O)COCC1=O.Cl. The second-order valence-corrected chi connectivity index (χ2v) is 4.86. The van der Waals surface area contributed by atoms with E-state index < -0.39 is 0 Å². The number of amides is 2. The van der Waals surface area contributed by atoms with Crippen LogP contribution in [0.5, 0.6) is 0 Å². The summed E-state index contributed by atoms with van der Waals surface area (Å²) >= 11 is 0. The highest BCUT2D eigenvalue weighted by molar-refractivity contribution is 5.98. The first-order valence-electron chi connectivity index (χ1n) is 4.99. The molecule has 1 heterocycles. The fraction of sp³-hybridized carbons (Fsp3) is 0.800. The van der Waals surface area contributed by atoms with Gasteiger partial charge in [0.2, 0.25) is 0 Å².